The van der Waals surface area contributed by atoms with Gasteiger partial charge in [-0.2, -0.15) is 0 Å². The lowest BCUT2D eigenvalue weighted by molar-refractivity contribution is -0.138. The molecule has 1 aromatic rings. The lowest BCUT2D eigenvalue weighted by Gasteiger charge is -2.25. The van der Waals surface area contributed by atoms with E-state index in [9.17, 15) is 19.2 Å². The third-order valence-electron chi connectivity index (χ3n) is 5.73. The van der Waals surface area contributed by atoms with Gasteiger partial charge >= 0.3 is 0 Å². The molecule has 8 nitrogen and oxygen atoms in total. The van der Waals surface area contributed by atoms with Crippen LogP contribution >= 0.6 is 0 Å². The minimum Gasteiger partial charge on any atom is -0.361 e. The molecule has 2 aliphatic heterocycles. The second-order valence-corrected chi connectivity index (χ2v) is 8.24. The van der Waals surface area contributed by atoms with Crippen LogP contribution in [-0.4, -0.2) is 65.3 Å². The van der Waals surface area contributed by atoms with Crippen molar-refractivity contribution in [3.8, 4) is 0 Å². The number of nitrogens with zero attached hydrogens (tertiary/aromatic N) is 1. The second kappa shape index (κ2) is 8.95. The Morgan fingerprint density at radius 3 is 2.47 bits per heavy atom. The predicted molar refractivity (Wildman–Crippen MR) is 109 cm³/mol. The van der Waals surface area contributed by atoms with Crippen molar-refractivity contribution in [3.63, 3.8) is 0 Å². The first-order valence-corrected chi connectivity index (χ1v) is 10.3. The number of ether oxygens (including phenoxy) is 1. The minimum atomic E-state index is -0.870. The van der Waals surface area contributed by atoms with E-state index >= 15 is 0 Å². The standard InChI is InChI=1S/C22H29N3O5/c1-14(23-21(29)18-10-7-11-25(18)15(2)26)20(28)24-17(19(27)22(3)13-30-22)12-16-8-5-4-6-9-16/h4-6,8-9,14,17-18H,7,10-13H2,1-3H3,(H,23,29)(H,24,28). The Kier molecular flexibility index (Phi) is 6.55. The summed E-state index contributed by atoms with van der Waals surface area (Å²) in [4.78, 5) is 51.4. The molecule has 4 unspecified atom stereocenters. The van der Waals surface area contributed by atoms with Crippen LogP contribution in [0.25, 0.3) is 0 Å². The molecule has 0 radical (unpaired) electrons. The first-order chi connectivity index (χ1) is 14.2. The Morgan fingerprint density at radius 1 is 1.20 bits per heavy atom. The van der Waals surface area contributed by atoms with Gasteiger partial charge in [-0.15, -0.1) is 0 Å². The zero-order chi connectivity index (χ0) is 21.9. The molecule has 3 rings (SSSR count). The third kappa shape index (κ3) is 5.05. The summed E-state index contributed by atoms with van der Waals surface area (Å²) in [5.41, 5.74) is 0.0468. The minimum absolute atomic E-state index is 0.157. The maximum Gasteiger partial charge on any atom is 0.243 e. The van der Waals surface area contributed by atoms with Crippen molar-refractivity contribution in [3.05, 3.63) is 35.9 Å². The average Bonchev–Trinajstić information content (AvgIpc) is 3.27. The van der Waals surface area contributed by atoms with Crippen LogP contribution in [-0.2, 0) is 30.3 Å². The molecule has 0 bridgehead atoms. The molecular weight excluding hydrogens is 386 g/mol. The Hall–Kier alpha value is -2.74. The lowest BCUT2D eigenvalue weighted by atomic mass is 9.94. The van der Waals surface area contributed by atoms with Crippen LogP contribution < -0.4 is 10.6 Å². The van der Waals surface area contributed by atoms with E-state index in [1.54, 1.807) is 13.8 Å². The number of benzene rings is 1. The molecule has 2 N–H and O–H groups in total. The first kappa shape index (κ1) is 22.0. The highest BCUT2D eigenvalue weighted by Crippen LogP contribution is 2.29. The van der Waals surface area contributed by atoms with E-state index in [0.717, 1.165) is 12.0 Å². The fourth-order valence-corrected chi connectivity index (χ4v) is 3.77. The smallest absolute Gasteiger partial charge is 0.243 e. The van der Waals surface area contributed by atoms with Crippen molar-refractivity contribution in [2.75, 3.05) is 13.2 Å². The molecule has 2 saturated heterocycles. The summed E-state index contributed by atoms with van der Waals surface area (Å²) in [6, 6.07) is 7.26. The molecule has 0 aromatic heterocycles. The van der Waals surface area contributed by atoms with Crippen LogP contribution in [0.2, 0.25) is 0 Å². The zero-order valence-electron chi connectivity index (χ0n) is 17.6. The van der Waals surface area contributed by atoms with Crippen LogP contribution in [0, 0.1) is 0 Å². The number of rotatable bonds is 8. The fraction of sp³-hybridized carbons (Fsp3) is 0.545. The quantitative estimate of drug-likeness (QED) is 0.604. The summed E-state index contributed by atoms with van der Waals surface area (Å²) in [5, 5.41) is 5.46. The number of Topliss-reactive ketones (excluding diaryl/α,β-unsaturated/α-hetero) is 1. The van der Waals surface area contributed by atoms with Crippen molar-refractivity contribution < 1.29 is 23.9 Å². The van der Waals surface area contributed by atoms with E-state index in [4.69, 9.17) is 4.74 Å². The van der Waals surface area contributed by atoms with Crippen LogP contribution in [0.1, 0.15) is 39.2 Å². The largest absolute Gasteiger partial charge is 0.361 e. The molecule has 2 heterocycles. The van der Waals surface area contributed by atoms with Gasteiger partial charge in [0.1, 0.15) is 17.7 Å². The average molecular weight is 415 g/mol. The van der Waals surface area contributed by atoms with Crippen molar-refractivity contribution in [2.45, 2.75) is 63.8 Å². The normalized spacial score (nSPS) is 24.6. The number of carbonyl (C=O) groups excluding carboxylic acids is 4. The summed E-state index contributed by atoms with van der Waals surface area (Å²) >= 11 is 0. The Morgan fingerprint density at radius 2 is 1.87 bits per heavy atom. The van der Waals surface area contributed by atoms with Crippen LogP contribution in [0.3, 0.4) is 0 Å². The van der Waals surface area contributed by atoms with Gasteiger partial charge in [-0.3, -0.25) is 19.2 Å². The number of epoxide rings is 1. The van der Waals surface area contributed by atoms with E-state index in [1.165, 1.54) is 11.8 Å². The first-order valence-electron chi connectivity index (χ1n) is 10.3. The number of hydrogen-bond donors (Lipinski definition) is 2. The van der Waals surface area contributed by atoms with Crippen molar-refractivity contribution in [2.24, 2.45) is 0 Å². The molecule has 2 aliphatic rings. The number of ketones is 1. The molecule has 8 heteroatoms. The molecule has 0 saturated carbocycles. The van der Waals surface area contributed by atoms with Crippen molar-refractivity contribution in [1.29, 1.82) is 0 Å². The fourth-order valence-electron chi connectivity index (χ4n) is 3.77. The Balaban J connectivity index is 1.63. The number of nitrogens with one attached hydrogen (secondary N) is 2. The van der Waals surface area contributed by atoms with Gasteiger partial charge in [0.05, 0.1) is 12.6 Å². The summed E-state index contributed by atoms with van der Waals surface area (Å²) in [6.07, 6.45) is 1.67. The highest BCUT2D eigenvalue weighted by molar-refractivity contribution is 5.98. The molecule has 1 aromatic carbocycles. The Bertz CT molecular complexity index is 821. The number of carbonyl (C=O) groups is 4. The number of hydrogen-bond acceptors (Lipinski definition) is 5. The molecule has 2 fully saturated rings. The van der Waals surface area contributed by atoms with Crippen LogP contribution in [0.15, 0.2) is 30.3 Å². The van der Waals surface area contributed by atoms with E-state index in [-0.39, 0.29) is 17.6 Å². The lowest BCUT2D eigenvalue weighted by Crippen LogP contribution is -2.55. The molecule has 0 spiro atoms. The molecule has 3 amide bonds. The molecular formula is C22H29N3O5. The van der Waals surface area contributed by atoms with Gasteiger partial charge in [-0.05, 0) is 38.7 Å². The molecule has 0 aliphatic carbocycles. The van der Waals surface area contributed by atoms with Crippen molar-refractivity contribution in [1.82, 2.24) is 15.5 Å². The zero-order valence-corrected chi connectivity index (χ0v) is 17.6. The summed E-state index contributed by atoms with van der Waals surface area (Å²) < 4.78 is 5.28. The monoisotopic (exact) mass is 415 g/mol. The molecule has 30 heavy (non-hydrogen) atoms. The maximum atomic E-state index is 12.9. The van der Waals surface area contributed by atoms with Crippen LogP contribution in [0.5, 0.6) is 0 Å². The van der Waals surface area contributed by atoms with Gasteiger partial charge in [-0.1, -0.05) is 30.3 Å². The third-order valence-corrected chi connectivity index (χ3v) is 5.73. The number of amides is 3. The van der Waals surface area contributed by atoms with E-state index in [1.807, 2.05) is 30.3 Å². The molecule has 4 atom stereocenters. The highest BCUT2D eigenvalue weighted by Gasteiger charge is 2.50. The van der Waals surface area contributed by atoms with Gasteiger partial charge in [0.25, 0.3) is 0 Å². The maximum absolute atomic E-state index is 12.9. The summed E-state index contributed by atoms with van der Waals surface area (Å²) in [7, 11) is 0. The number of likely N-dealkylation sites (tertiary alicyclic amines) is 1. The highest BCUT2D eigenvalue weighted by atomic mass is 16.6. The summed E-state index contributed by atoms with van der Waals surface area (Å²) in [5.74, 6) is -1.14. The molecule has 162 valence electrons. The topological polar surface area (TPSA) is 108 Å². The van der Waals surface area contributed by atoms with Gasteiger partial charge < -0.3 is 20.3 Å². The van der Waals surface area contributed by atoms with Gasteiger partial charge in [0, 0.05) is 13.5 Å². The van der Waals surface area contributed by atoms with Crippen molar-refractivity contribution >= 4 is 23.5 Å². The van der Waals surface area contributed by atoms with Crippen LogP contribution in [0.4, 0.5) is 0 Å². The second-order valence-electron chi connectivity index (χ2n) is 8.24. The van der Waals surface area contributed by atoms with Gasteiger partial charge in [0.15, 0.2) is 5.78 Å². The van der Waals surface area contributed by atoms with E-state index < -0.39 is 29.6 Å². The predicted octanol–water partition coefficient (Wildman–Crippen LogP) is 0.588. The Labute approximate surface area is 176 Å². The SMILES string of the molecule is CC(=O)N1CCCC1C(=O)NC(C)C(=O)NC(Cc1ccccc1)C(=O)C1(C)CO1. The summed E-state index contributed by atoms with van der Waals surface area (Å²) in [6.45, 7) is 5.59. The van der Waals surface area contributed by atoms with Gasteiger partial charge in [-0.25, -0.2) is 0 Å². The van der Waals surface area contributed by atoms with E-state index in [2.05, 4.69) is 10.6 Å². The van der Waals surface area contributed by atoms with Gasteiger partial charge in [0.2, 0.25) is 17.7 Å². The van der Waals surface area contributed by atoms with E-state index in [0.29, 0.717) is 26.0 Å².